The molecule has 0 radical (unpaired) electrons. The molecule has 0 atom stereocenters. The van der Waals surface area contributed by atoms with Crippen molar-refractivity contribution in [3.8, 4) is 5.69 Å². The van der Waals surface area contributed by atoms with E-state index in [4.69, 9.17) is 0 Å². The molecule has 0 spiro atoms. The van der Waals surface area contributed by atoms with Crippen LogP contribution in [0.25, 0.3) is 28.3 Å². The Bertz CT molecular complexity index is 1560. The third-order valence-electron chi connectivity index (χ3n) is 5.07. The van der Waals surface area contributed by atoms with Crippen molar-refractivity contribution in [3.63, 3.8) is 0 Å². The second-order valence-electron chi connectivity index (χ2n) is 6.94. The Morgan fingerprint density at radius 3 is 2.48 bits per heavy atom. The fourth-order valence-corrected chi connectivity index (χ4v) is 3.60. The van der Waals surface area contributed by atoms with Crippen LogP contribution in [0.4, 0.5) is 0 Å². The van der Waals surface area contributed by atoms with E-state index < -0.39 is 0 Å². The van der Waals surface area contributed by atoms with Gasteiger partial charge in [0.05, 0.1) is 27.8 Å². The van der Waals surface area contributed by atoms with E-state index in [1.165, 1.54) is 4.68 Å². The number of hydrogen-bond acceptors (Lipinski definition) is 4. The number of aryl methyl sites for hydroxylation is 2. The van der Waals surface area contributed by atoms with Crippen molar-refractivity contribution in [1.29, 1.82) is 0 Å². The van der Waals surface area contributed by atoms with Crippen LogP contribution >= 0.6 is 0 Å². The number of H-pyrrole nitrogens is 1. The first-order valence-corrected chi connectivity index (χ1v) is 9.21. The first kappa shape index (κ1) is 17.1. The maximum atomic E-state index is 13.0. The molecule has 0 saturated heterocycles. The summed E-state index contributed by atoms with van der Waals surface area (Å²) in [5, 5.41) is 8.85. The van der Waals surface area contributed by atoms with Gasteiger partial charge in [0.15, 0.2) is 5.65 Å². The monoisotopic (exact) mass is 383 g/mol. The molecule has 0 aliphatic carbocycles. The second-order valence-corrected chi connectivity index (χ2v) is 6.94. The number of rotatable bonds is 2. The van der Waals surface area contributed by atoms with Crippen LogP contribution in [0.3, 0.4) is 0 Å². The van der Waals surface area contributed by atoms with E-state index in [-0.39, 0.29) is 11.1 Å². The van der Waals surface area contributed by atoms with E-state index >= 15 is 0 Å². The third kappa shape index (κ3) is 2.59. The van der Waals surface area contributed by atoms with Gasteiger partial charge in [-0.1, -0.05) is 30.3 Å². The summed E-state index contributed by atoms with van der Waals surface area (Å²) in [4.78, 5) is 29.8. The number of nitrogens with zero attached hydrogens (tertiary/aromatic N) is 4. The molecule has 1 N–H and O–H groups in total. The van der Waals surface area contributed by atoms with Crippen molar-refractivity contribution in [2.75, 3.05) is 0 Å². The third-order valence-corrected chi connectivity index (χ3v) is 5.07. The minimum atomic E-state index is -0.310. The van der Waals surface area contributed by atoms with Crippen LogP contribution in [0.5, 0.6) is 0 Å². The molecule has 0 aliphatic heterocycles. The summed E-state index contributed by atoms with van der Waals surface area (Å²) >= 11 is 0. The van der Waals surface area contributed by atoms with Crippen LogP contribution in [0.15, 0.2) is 64.2 Å². The van der Waals surface area contributed by atoms with Crippen LogP contribution < -0.4 is 16.3 Å². The largest absolute Gasteiger partial charge is 0.295 e. The summed E-state index contributed by atoms with van der Waals surface area (Å²) in [5.74, 6) is 0. The zero-order valence-electron chi connectivity index (χ0n) is 15.9. The SMILES string of the molecule is Cc1[nH]n(-c2ccccc2)c(=O)c1/C=c1\c(C)nn2c1nc(=O)c1ccccc12. The van der Waals surface area contributed by atoms with E-state index in [0.717, 1.165) is 11.4 Å². The predicted octanol–water partition coefficient (Wildman–Crippen LogP) is 1.89. The van der Waals surface area contributed by atoms with Crippen LogP contribution in [-0.2, 0) is 0 Å². The standard InChI is InChI=1S/C22H17N5O2/c1-13-17(20-23-21(28)16-10-6-7-11-19(16)27(20)25-13)12-18-14(2)24-26(22(18)29)15-8-4-3-5-9-15/h3-12,24H,1-2H3/b17-12+. The van der Waals surface area contributed by atoms with E-state index in [1.807, 2.05) is 56.3 Å². The fraction of sp³-hybridized carbons (Fsp3) is 0.0909. The lowest BCUT2D eigenvalue weighted by molar-refractivity contribution is 0.835. The van der Waals surface area contributed by atoms with Crippen molar-refractivity contribution in [2.24, 2.45) is 0 Å². The molecule has 3 aromatic heterocycles. The predicted molar refractivity (Wildman–Crippen MR) is 111 cm³/mol. The number of nitrogens with one attached hydrogen (secondary N) is 1. The Hall–Kier alpha value is -4.00. The maximum Gasteiger partial charge on any atom is 0.281 e. The molecular weight excluding hydrogens is 366 g/mol. The first-order valence-electron chi connectivity index (χ1n) is 9.21. The van der Waals surface area contributed by atoms with Gasteiger partial charge in [-0.25, -0.2) is 9.20 Å². The Morgan fingerprint density at radius 1 is 0.966 bits per heavy atom. The lowest BCUT2D eigenvalue weighted by Crippen LogP contribution is -2.18. The normalized spacial score (nSPS) is 12.3. The minimum Gasteiger partial charge on any atom is -0.295 e. The summed E-state index contributed by atoms with van der Waals surface area (Å²) in [6.45, 7) is 3.69. The van der Waals surface area contributed by atoms with Crippen molar-refractivity contribution in [1.82, 2.24) is 24.4 Å². The van der Waals surface area contributed by atoms with Crippen LogP contribution in [0, 0.1) is 13.8 Å². The van der Waals surface area contributed by atoms with Gasteiger partial charge in [-0.15, -0.1) is 0 Å². The lowest BCUT2D eigenvalue weighted by atomic mass is 10.2. The highest BCUT2D eigenvalue weighted by atomic mass is 16.1. The quantitative estimate of drug-likeness (QED) is 0.504. The molecule has 5 aromatic rings. The molecule has 7 nitrogen and oxygen atoms in total. The minimum absolute atomic E-state index is 0.171. The smallest absolute Gasteiger partial charge is 0.281 e. The Kier molecular flexibility index (Phi) is 3.70. The molecule has 0 unspecified atom stereocenters. The number of aromatic nitrogens is 5. The molecule has 5 rings (SSSR count). The number of para-hydroxylation sites is 2. The van der Waals surface area contributed by atoms with Crippen LogP contribution in [0.2, 0.25) is 0 Å². The molecule has 3 heterocycles. The lowest BCUT2D eigenvalue weighted by Gasteiger charge is -1.99. The van der Waals surface area contributed by atoms with E-state index in [2.05, 4.69) is 15.2 Å². The summed E-state index contributed by atoms with van der Waals surface area (Å²) in [6, 6.07) is 16.6. The molecular formula is C22H17N5O2. The molecule has 29 heavy (non-hydrogen) atoms. The van der Waals surface area contributed by atoms with Gasteiger partial charge >= 0.3 is 0 Å². The molecule has 0 amide bonds. The number of fused-ring (bicyclic) bond motifs is 3. The summed E-state index contributed by atoms with van der Waals surface area (Å²) < 4.78 is 3.17. The van der Waals surface area contributed by atoms with E-state index in [0.29, 0.717) is 33.0 Å². The highest BCUT2D eigenvalue weighted by molar-refractivity contribution is 5.80. The fourth-order valence-electron chi connectivity index (χ4n) is 3.60. The van der Waals surface area contributed by atoms with Crippen molar-refractivity contribution >= 4 is 22.6 Å². The van der Waals surface area contributed by atoms with Crippen molar-refractivity contribution in [3.05, 3.63) is 97.5 Å². The summed E-state index contributed by atoms with van der Waals surface area (Å²) in [6.07, 6.45) is 1.76. The Labute approximate surface area is 164 Å². The van der Waals surface area contributed by atoms with E-state index in [9.17, 15) is 9.59 Å². The first-order chi connectivity index (χ1) is 14.0. The molecule has 142 valence electrons. The molecule has 7 heteroatoms. The maximum absolute atomic E-state index is 13.0. The average molecular weight is 383 g/mol. The second kappa shape index (κ2) is 6.27. The number of aromatic amines is 1. The highest BCUT2D eigenvalue weighted by Gasteiger charge is 2.14. The van der Waals surface area contributed by atoms with Gasteiger partial charge in [0.2, 0.25) is 0 Å². The van der Waals surface area contributed by atoms with Gasteiger partial charge < -0.3 is 0 Å². The Morgan fingerprint density at radius 2 is 1.69 bits per heavy atom. The molecule has 0 aliphatic rings. The number of hydrogen-bond donors (Lipinski definition) is 1. The van der Waals surface area contributed by atoms with Gasteiger partial charge in [-0.05, 0) is 44.2 Å². The molecule has 0 fully saturated rings. The van der Waals surface area contributed by atoms with Gasteiger partial charge in [-0.3, -0.25) is 14.7 Å². The highest BCUT2D eigenvalue weighted by Crippen LogP contribution is 2.11. The van der Waals surface area contributed by atoms with Crippen LogP contribution in [-0.4, -0.2) is 24.4 Å². The van der Waals surface area contributed by atoms with E-state index in [1.54, 1.807) is 22.7 Å². The molecule has 2 aromatic carbocycles. The van der Waals surface area contributed by atoms with Gasteiger partial charge in [-0.2, -0.15) is 10.1 Å². The molecule has 0 saturated carbocycles. The molecule has 0 bridgehead atoms. The van der Waals surface area contributed by atoms with Crippen LogP contribution in [0.1, 0.15) is 17.0 Å². The number of benzene rings is 2. The topological polar surface area (TPSA) is 85.1 Å². The Balaban J connectivity index is 1.82. The zero-order chi connectivity index (χ0) is 20.1. The summed E-state index contributed by atoms with van der Waals surface area (Å²) in [5.41, 5.74) is 3.33. The van der Waals surface area contributed by atoms with Gasteiger partial charge in [0, 0.05) is 10.9 Å². The van der Waals surface area contributed by atoms with Crippen molar-refractivity contribution in [2.45, 2.75) is 13.8 Å². The van der Waals surface area contributed by atoms with Gasteiger partial charge in [0.25, 0.3) is 11.1 Å². The summed E-state index contributed by atoms with van der Waals surface area (Å²) in [7, 11) is 0. The zero-order valence-corrected chi connectivity index (χ0v) is 15.9. The van der Waals surface area contributed by atoms with Gasteiger partial charge in [0.1, 0.15) is 0 Å². The average Bonchev–Trinajstić information content (AvgIpc) is 3.20. The van der Waals surface area contributed by atoms with Crippen molar-refractivity contribution < 1.29 is 0 Å².